The van der Waals surface area contributed by atoms with Gasteiger partial charge in [-0.2, -0.15) is 5.10 Å². The smallest absolute Gasteiger partial charge is 0.343 e. The fourth-order valence-corrected chi connectivity index (χ4v) is 5.42. The molecule has 4 aromatic carbocycles. The number of benzene rings is 4. The van der Waals surface area contributed by atoms with Gasteiger partial charge < -0.3 is 28.7 Å². The highest BCUT2D eigenvalue weighted by Gasteiger charge is 2.22. The van der Waals surface area contributed by atoms with Gasteiger partial charge in [0, 0.05) is 27.1 Å². The number of aromatic nitrogens is 1. The number of esters is 1. The molecule has 11 heteroatoms. The van der Waals surface area contributed by atoms with E-state index in [9.17, 15) is 9.59 Å². The van der Waals surface area contributed by atoms with Crippen LogP contribution in [0.5, 0.6) is 28.7 Å². The van der Waals surface area contributed by atoms with E-state index in [0.29, 0.717) is 39.1 Å². The highest BCUT2D eigenvalue weighted by atomic mass is 35.5. The number of H-pyrrole nitrogens is 1. The molecule has 1 aromatic heterocycles. The number of aryl methyl sites for hydroxylation is 2. The number of amides is 1. The third-order valence-corrected chi connectivity index (χ3v) is 7.62. The molecule has 0 radical (unpaired) electrons. The first-order valence-corrected chi connectivity index (χ1v) is 14.5. The normalized spacial score (nSPS) is 11.0. The van der Waals surface area contributed by atoms with E-state index in [4.69, 9.17) is 35.3 Å². The fraction of sp³-hybridized carbons (Fsp3) is 0.171. The Morgan fingerprint density at radius 1 is 0.826 bits per heavy atom. The summed E-state index contributed by atoms with van der Waals surface area (Å²) in [5, 5.41) is 5.59. The molecule has 0 aliphatic heterocycles. The Balaban J connectivity index is 1.37. The lowest BCUT2D eigenvalue weighted by atomic mass is 9.99. The summed E-state index contributed by atoms with van der Waals surface area (Å²) in [6, 6.07) is 19.3. The van der Waals surface area contributed by atoms with Crippen LogP contribution >= 0.6 is 11.6 Å². The number of hydrogen-bond donors (Lipinski definition) is 2. The maximum Gasteiger partial charge on any atom is 0.343 e. The lowest BCUT2D eigenvalue weighted by Gasteiger charge is -2.14. The van der Waals surface area contributed by atoms with Crippen molar-refractivity contribution in [1.29, 1.82) is 0 Å². The van der Waals surface area contributed by atoms with Gasteiger partial charge in [0.1, 0.15) is 5.69 Å². The summed E-state index contributed by atoms with van der Waals surface area (Å²) in [4.78, 5) is 29.8. The fourth-order valence-electron chi connectivity index (χ4n) is 5.19. The van der Waals surface area contributed by atoms with Crippen LogP contribution in [0.3, 0.4) is 0 Å². The van der Waals surface area contributed by atoms with Crippen LogP contribution in [0.1, 0.15) is 37.5 Å². The van der Waals surface area contributed by atoms with Crippen molar-refractivity contribution in [1.82, 2.24) is 10.4 Å². The Kier molecular flexibility index (Phi) is 9.48. The second-order valence-corrected chi connectivity index (χ2v) is 10.7. The number of methoxy groups -OCH3 is 4. The molecule has 10 nitrogen and oxygen atoms in total. The Morgan fingerprint density at radius 3 is 2.17 bits per heavy atom. The molecule has 1 heterocycles. The number of hydrogen-bond acceptors (Lipinski definition) is 8. The van der Waals surface area contributed by atoms with Gasteiger partial charge in [-0.1, -0.05) is 41.4 Å². The third-order valence-electron chi connectivity index (χ3n) is 7.29. The van der Waals surface area contributed by atoms with Crippen LogP contribution in [-0.2, 0) is 0 Å². The van der Waals surface area contributed by atoms with Gasteiger partial charge in [0.2, 0.25) is 5.75 Å². The van der Waals surface area contributed by atoms with E-state index >= 15 is 0 Å². The summed E-state index contributed by atoms with van der Waals surface area (Å²) < 4.78 is 27.1. The molecule has 0 atom stereocenters. The van der Waals surface area contributed by atoms with Gasteiger partial charge in [-0.25, -0.2) is 10.2 Å². The molecule has 5 aromatic rings. The molecule has 0 fully saturated rings. The number of nitrogens with zero attached hydrogens (tertiary/aromatic N) is 1. The number of carbonyl (C=O) groups excluding carboxylic acids is 2. The minimum atomic E-state index is -0.663. The maximum absolute atomic E-state index is 13.5. The molecule has 0 aliphatic carbocycles. The zero-order valence-corrected chi connectivity index (χ0v) is 26.9. The highest BCUT2D eigenvalue weighted by Crippen LogP contribution is 2.40. The number of carbonyl (C=O) groups is 2. The molecule has 2 N–H and O–H groups in total. The first-order chi connectivity index (χ1) is 22.2. The summed E-state index contributed by atoms with van der Waals surface area (Å²) in [6.45, 7) is 3.99. The standard InChI is InChI=1S/C35H32ClN3O7/c1-19-13-20(2)31-24(14-19)30(23-9-7-8-10-25(23)36)32(38-31)34(40)39-37-18-21-11-12-26(27(15-21)42-3)46-35(41)22-16-28(43-4)33(45-6)29(17-22)44-5/h7-18,38H,1-6H3,(H,39,40). The number of nitrogens with one attached hydrogen (secondary N) is 2. The lowest BCUT2D eigenvalue weighted by Crippen LogP contribution is -2.19. The summed E-state index contributed by atoms with van der Waals surface area (Å²) in [5.41, 5.74) is 8.04. The van der Waals surface area contributed by atoms with Gasteiger partial charge in [-0.05, 0) is 67.4 Å². The quantitative estimate of drug-likeness (QED) is 0.0721. The zero-order valence-electron chi connectivity index (χ0n) is 26.1. The van der Waals surface area contributed by atoms with E-state index in [1.54, 1.807) is 24.3 Å². The van der Waals surface area contributed by atoms with Crippen molar-refractivity contribution in [2.75, 3.05) is 28.4 Å². The second kappa shape index (κ2) is 13.7. The topological polar surface area (TPSA) is 120 Å². The van der Waals surface area contributed by atoms with Crippen LogP contribution in [0.15, 0.2) is 71.8 Å². The van der Waals surface area contributed by atoms with Crippen LogP contribution in [0, 0.1) is 13.8 Å². The number of fused-ring (bicyclic) bond motifs is 1. The minimum absolute atomic E-state index is 0.176. The lowest BCUT2D eigenvalue weighted by molar-refractivity contribution is 0.0728. The van der Waals surface area contributed by atoms with Crippen molar-refractivity contribution in [3.05, 3.63) is 99.7 Å². The Morgan fingerprint density at radius 2 is 1.52 bits per heavy atom. The van der Waals surface area contributed by atoms with E-state index in [2.05, 4.69) is 15.5 Å². The average Bonchev–Trinajstić information content (AvgIpc) is 3.44. The average molecular weight is 642 g/mol. The molecule has 0 bridgehead atoms. The predicted molar refractivity (Wildman–Crippen MR) is 177 cm³/mol. The first-order valence-electron chi connectivity index (χ1n) is 14.1. The van der Waals surface area contributed by atoms with Gasteiger partial charge >= 0.3 is 5.97 Å². The molecule has 0 saturated heterocycles. The SMILES string of the molecule is COc1cc(C=NNC(=O)c2[nH]c3c(C)cc(C)cc3c2-c2ccccc2Cl)ccc1OC(=O)c1cc(OC)c(OC)c(OC)c1. The summed E-state index contributed by atoms with van der Waals surface area (Å²) in [7, 11) is 5.83. The molecule has 0 aliphatic rings. The van der Waals surface area contributed by atoms with Crippen LogP contribution in [0.2, 0.25) is 5.02 Å². The van der Waals surface area contributed by atoms with Crippen molar-refractivity contribution in [3.63, 3.8) is 0 Å². The van der Waals surface area contributed by atoms with Crippen LogP contribution in [0.25, 0.3) is 22.0 Å². The van der Waals surface area contributed by atoms with Gasteiger partial charge in [0.25, 0.3) is 5.91 Å². The van der Waals surface area contributed by atoms with Crippen LogP contribution in [-0.4, -0.2) is 51.5 Å². The van der Waals surface area contributed by atoms with E-state index < -0.39 is 11.9 Å². The minimum Gasteiger partial charge on any atom is -0.493 e. The number of rotatable bonds is 10. The van der Waals surface area contributed by atoms with Crippen LogP contribution in [0.4, 0.5) is 0 Å². The highest BCUT2D eigenvalue weighted by molar-refractivity contribution is 6.34. The van der Waals surface area contributed by atoms with Crippen molar-refractivity contribution < 1.29 is 33.3 Å². The van der Waals surface area contributed by atoms with Gasteiger partial charge in [0.05, 0.1) is 40.2 Å². The molecule has 0 saturated carbocycles. The predicted octanol–water partition coefficient (Wildman–Crippen LogP) is 7.12. The first kappa shape index (κ1) is 31.9. The monoisotopic (exact) mass is 641 g/mol. The Bertz CT molecular complexity index is 1960. The molecule has 5 rings (SSSR count). The zero-order chi connectivity index (χ0) is 33.0. The second-order valence-electron chi connectivity index (χ2n) is 10.3. The van der Waals surface area contributed by atoms with E-state index in [0.717, 1.165) is 27.6 Å². The molecule has 46 heavy (non-hydrogen) atoms. The third kappa shape index (κ3) is 6.33. The Labute approximate surface area is 270 Å². The van der Waals surface area contributed by atoms with Gasteiger partial charge in [-0.15, -0.1) is 0 Å². The summed E-state index contributed by atoms with van der Waals surface area (Å²) in [5.74, 6) is 0.322. The van der Waals surface area contributed by atoms with Crippen molar-refractivity contribution in [3.8, 4) is 39.9 Å². The molecular weight excluding hydrogens is 610 g/mol. The Hall–Kier alpha value is -5.48. The van der Waals surface area contributed by atoms with Crippen molar-refractivity contribution in [2.24, 2.45) is 5.10 Å². The molecule has 236 valence electrons. The number of hydrazone groups is 1. The van der Waals surface area contributed by atoms with Gasteiger partial charge in [0.15, 0.2) is 23.0 Å². The van der Waals surface area contributed by atoms with Gasteiger partial charge in [-0.3, -0.25) is 4.79 Å². The van der Waals surface area contributed by atoms with Crippen LogP contribution < -0.4 is 29.1 Å². The van der Waals surface area contributed by atoms with Crippen molar-refractivity contribution >= 4 is 40.6 Å². The molecule has 0 spiro atoms. The summed E-state index contributed by atoms with van der Waals surface area (Å²) in [6.07, 6.45) is 1.46. The molecule has 1 amide bonds. The largest absolute Gasteiger partial charge is 0.493 e. The molecular formula is C35H32ClN3O7. The number of ether oxygens (including phenoxy) is 5. The number of halogens is 1. The summed E-state index contributed by atoms with van der Waals surface area (Å²) >= 11 is 6.57. The van der Waals surface area contributed by atoms with E-state index in [1.165, 1.54) is 46.8 Å². The van der Waals surface area contributed by atoms with E-state index in [1.807, 2.05) is 44.2 Å². The maximum atomic E-state index is 13.5. The molecule has 0 unspecified atom stereocenters. The number of aromatic amines is 1. The van der Waals surface area contributed by atoms with Crippen molar-refractivity contribution in [2.45, 2.75) is 13.8 Å². The van der Waals surface area contributed by atoms with E-state index in [-0.39, 0.29) is 17.1 Å².